The van der Waals surface area contributed by atoms with Gasteiger partial charge in [-0.1, -0.05) is 22.0 Å². The predicted molar refractivity (Wildman–Crippen MR) is 83.0 cm³/mol. The van der Waals surface area contributed by atoms with Crippen LogP contribution in [0.3, 0.4) is 0 Å². The first-order valence-corrected chi connectivity index (χ1v) is 7.55. The van der Waals surface area contributed by atoms with Crippen molar-refractivity contribution in [3.8, 4) is 0 Å². The van der Waals surface area contributed by atoms with Crippen molar-refractivity contribution in [2.24, 2.45) is 0 Å². The fourth-order valence-electron chi connectivity index (χ4n) is 2.25. The lowest BCUT2D eigenvalue weighted by atomic mass is 10.2. The maximum Gasteiger partial charge on any atom is 0.321 e. The van der Waals surface area contributed by atoms with Gasteiger partial charge in [-0.05, 0) is 24.6 Å². The minimum Gasteiger partial charge on any atom is -0.395 e. The van der Waals surface area contributed by atoms with Crippen LogP contribution in [0.2, 0.25) is 0 Å². The number of nitrogens with one attached hydrogen (secondary N) is 1. The molecule has 1 aliphatic rings. The highest BCUT2D eigenvalue weighted by molar-refractivity contribution is 9.10. The summed E-state index contributed by atoms with van der Waals surface area (Å²) in [5.74, 6) is 0. The van der Waals surface area contributed by atoms with Crippen molar-refractivity contribution in [1.82, 2.24) is 9.80 Å². The molecule has 5 nitrogen and oxygen atoms in total. The van der Waals surface area contributed by atoms with Crippen LogP contribution in [0.4, 0.5) is 10.5 Å². The average molecular weight is 342 g/mol. The zero-order chi connectivity index (χ0) is 14.5. The molecule has 1 heterocycles. The number of hydrogen-bond donors (Lipinski definition) is 2. The molecule has 2 amide bonds. The van der Waals surface area contributed by atoms with E-state index in [9.17, 15) is 4.79 Å². The number of piperazine rings is 1. The van der Waals surface area contributed by atoms with Crippen LogP contribution in [0.15, 0.2) is 22.7 Å². The van der Waals surface area contributed by atoms with Gasteiger partial charge in [-0.15, -0.1) is 0 Å². The lowest BCUT2D eigenvalue weighted by Gasteiger charge is -2.34. The average Bonchev–Trinajstić information content (AvgIpc) is 2.45. The molecule has 1 aliphatic heterocycles. The molecule has 1 aromatic carbocycles. The second-order valence-corrected chi connectivity index (χ2v) is 5.75. The summed E-state index contributed by atoms with van der Waals surface area (Å²) < 4.78 is 0.989. The molecule has 20 heavy (non-hydrogen) atoms. The van der Waals surface area contributed by atoms with Crippen LogP contribution >= 0.6 is 15.9 Å². The summed E-state index contributed by atoms with van der Waals surface area (Å²) in [5, 5.41) is 11.9. The van der Waals surface area contributed by atoms with Crippen LogP contribution in [-0.2, 0) is 0 Å². The first-order valence-electron chi connectivity index (χ1n) is 6.76. The molecular weight excluding hydrogens is 322 g/mol. The zero-order valence-electron chi connectivity index (χ0n) is 11.6. The monoisotopic (exact) mass is 341 g/mol. The number of halogens is 1. The molecule has 110 valence electrons. The Morgan fingerprint density at radius 2 is 2.05 bits per heavy atom. The third-order valence-electron chi connectivity index (χ3n) is 3.59. The largest absolute Gasteiger partial charge is 0.395 e. The summed E-state index contributed by atoms with van der Waals surface area (Å²) >= 11 is 3.46. The number of anilines is 1. The van der Waals surface area contributed by atoms with Crippen molar-refractivity contribution in [3.05, 3.63) is 28.2 Å². The highest BCUT2D eigenvalue weighted by atomic mass is 79.9. The van der Waals surface area contributed by atoms with E-state index in [4.69, 9.17) is 5.11 Å². The number of benzene rings is 1. The summed E-state index contributed by atoms with van der Waals surface area (Å²) in [5.41, 5.74) is 1.86. The van der Waals surface area contributed by atoms with E-state index in [1.54, 1.807) is 0 Å². The maximum atomic E-state index is 12.2. The molecule has 1 saturated heterocycles. The normalized spacial score (nSPS) is 16.2. The standard InChI is InChI=1S/C14H20BrN3O2/c1-11-12(15)3-2-4-13(11)16-14(20)18-7-5-17(6-8-18)9-10-19/h2-4,19H,5-10H2,1H3,(H,16,20). The smallest absolute Gasteiger partial charge is 0.321 e. The molecule has 1 aromatic rings. The molecule has 0 spiro atoms. The molecule has 0 unspecified atom stereocenters. The lowest BCUT2D eigenvalue weighted by Crippen LogP contribution is -2.50. The second-order valence-electron chi connectivity index (χ2n) is 4.89. The Balaban J connectivity index is 1.91. The minimum atomic E-state index is -0.0603. The number of hydrogen-bond acceptors (Lipinski definition) is 3. The number of nitrogens with zero attached hydrogens (tertiary/aromatic N) is 2. The first-order chi connectivity index (χ1) is 9.61. The van der Waals surface area contributed by atoms with Gasteiger partial charge in [0.1, 0.15) is 0 Å². The molecule has 0 radical (unpaired) electrons. The fourth-order valence-corrected chi connectivity index (χ4v) is 2.62. The Kier molecular flexibility index (Phi) is 5.39. The highest BCUT2D eigenvalue weighted by Crippen LogP contribution is 2.23. The Hall–Kier alpha value is -1.11. The molecule has 0 saturated carbocycles. The summed E-state index contributed by atoms with van der Waals surface area (Å²) in [4.78, 5) is 16.2. The SMILES string of the molecule is Cc1c(Br)cccc1NC(=O)N1CCN(CCO)CC1. The van der Waals surface area contributed by atoms with E-state index < -0.39 is 0 Å². The minimum absolute atomic E-state index is 0.0603. The van der Waals surface area contributed by atoms with E-state index in [-0.39, 0.29) is 12.6 Å². The third kappa shape index (κ3) is 3.71. The molecule has 6 heteroatoms. The molecule has 2 N–H and O–H groups in total. The fraction of sp³-hybridized carbons (Fsp3) is 0.500. The van der Waals surface area contributed by atoms with E-state index in [0.29, 0.717) is 19.6 Å². The van der Waals surface area contributed by atoms with Gasteiger partial charge in [0, 0.05) is 42.9 Å². The van der Waals surface area contributed by atoms with Gasteiger partial charge >= 0.3 is 6.03 Å². The second kappa shape index (κ2) is 7.06. The number of carbonyl (C=O) groups is 1. The van der Waals surface area contributed by atoms with Crippen LogP contribution in [0.25, 0.3) is 0 Å². The molecule has 0 atom stereocenters. The van der Waals surface area contributed by atoms with Gasteiger partial charge in [-0.3, -0.25) is 4.90 Å². The molecule has 0 bridgehead atoms. The van der Waals surface area contributed by atoms with Crippen LogP contribution < -0.4 is 5.32 Å². The van der Waals surface area contributed by atoms with Crippen molar-refractivity contribution in [2.75, 3.05) is 44.6 Å². The van der Waals surface area contributed by atoms with E-state index in [2.05, 4.69) is 26.1 Å². The zero-order valence-corrected chi connectivity index (χ0v) is 13.2. The number of rotatable bonds is 3. The number of urea groups is 1. The summed E-state index contributed by atoms with van der Waals surface area (Å²) in [7, 11) is 0. The van der Waals surface area contributed by atoms with Crippen molar-refractivity contribution < 1.29 is 9.90 Å². The van der Waals surface area contributed by atoms with Crippen molar-refractivity contribution in [2.45, 2.75) is 6.92 Å². The van der Waals surface area contributed by atoms with Crippen LogP contribution in [0.5, 0.6) is 0 Å². The molecule has 0 aliphatic carbocycles. The van der Waals surface area contributed by atoms with E-state index in [1.165, 1.54) is 0 Å². The number of aliphatic hydroxyl groups is 1. The number of carbonyl (C=O) groups excluding carboxylic acids is 1. The van der Waals surface area contributed by atoms with Gasteiger partial charge < -0.3 is 15.3 Å². The predicted octanol–water partition coefficient (Wildman–Crippen LogP) is 1.90. The molecule has 0 aromatic heterocycles. The molecule has 1 fully saturated rings. The Morgan fingerprint density at radius 1 is 1.35 bits per heavy atom. The molecule has 2 rings (SSSR count). The van der Waals surface area contributed by atoms with Crippen molar-refractivity contribution in [3.63, 3.8) is 0 Å². The Morgan fingerprint density at radius 3 is 2.70 bits per heavy atom. The summed E-state index contributed by atoms with van der Waals surface area (Å²) in [6.45, 7) is 5.83. The quantitative estimate of drug-likeness (QED) is 0.882. The van der Waals surface area contributed by atoms with E-state index >= 15 is 0 Å². The Bertz CT molecular complexity index is 473. The summed E-state index contributed by atoms with van der Waals surface area (Å²) in [6.07, 6.45) is 0. The summed E-state index contributed by atoms with van der Waals surface area (Å²) in [6, 6.07) is 5.71. The number of aliphatic hydroxyl groups excluding tert-OH is 1. The van der Waals surface area contributed by atoms with E-state index in [1.807, 2.05) is 30.0 Å². The third-order valence-corrected chi connectivity index (χ3v) is 4.44. The number of amides is 2. The highest BCUT2D eigenvalue weighted by Gasteiger charge is 2.21. The van der Waals surface area contributed by atoms with Gasteiger partial charge in [-0.2, -0.15) is 0 Å². The lowest BCUT2D eigenvalue weighted by molar-refractivity contribution is 0.127. The van der Waals surface area contributed by atoms with E-state index in [0.717, 1.165) is 28.8 Å². The van der Waals surface area contributed by atoms with Gasteiger partial charge in [0.25, 0.3) is 0 Å². The molecular formula is C14H20BrN3O2. The maximum absolute atomic E-state index is 12.2. The topological polar surface area (TPSA) is 55.8 Å². The van der Waals surface area contributed by atoms with Crippen molar-refractivity contribution in [1.29, 1.82) is 0 Å². The van der Waals surface area contributed by atoms with Crippen molar-refractivity contribution >= 4 is 27.6 Å². The van der Waals surface area contributed by atoms with Gasteiger partial charge in [0.15, 0.2) is 0 Å². The van der Waals surface area contributed by atoms with Gasteiger partial charge in [0.2, 0.25) is 0 Å². The van der Waals surface area contributed by atoms with Gasteiger partial charge in [-0.25, -0.2) is 4.79 Å². The van der Waals surface area contributed by atoms with Gasteiger partial charge in [0.05, 0.1) is 6.61 Å². The first kappa shape index (κ1) is 15.3. The Labute approximate surface area is 127 Å². The number of β-amino-alcohol motifs (C(OH)–C–C–N with tert-alkyl or cyclic N) is 1. The van der Waals surface area contributed by atoms with Crippen LogP contribution in [-0.4, -0.2) is 60.3 Å². The van der Waals surface area contributed by atoms with Crippen LogP contribution in [0.1, 0.15) is 5.56 Å². The van der Waals surface area contributed by atoms with Crippen LogP contribution in [0, 0.1) is 6.92 Å².